The van der Waals surface area contributed by atoms with Crippen LogP contribution in [0.4, 0.5) is 0 Å². The van der Waals surface area contributed by atoms with Gasteiger partial charge in [-0.05, 0) is 18.4 Å². The maximum absolute atomic E-state index is 5.89. The van der Waals surface area contributed by atoms with Crippen LogP contribution < -0.4 is 0 Å². The summed E-state index contributed by atoms with van der Waals surface area (Å²) in [6.07, 6.45) is 3.41. The number of hydrogen-bond acceptors (Lipinski definition) is 3. The molecule has 2 nitrogen and oxygen atoms in total. The van der Waals surface area contributed by atoms with E-state index in [1.807, 2.05) is 11.8 Å². The van der Waals surface area contributed by atoms with Gasteiger partial charge in [-0.1, -0.05) is 42.1 Å². The zero-order chi connectivity index (χ0) is 10.8. The summed E-state index contributed by atoms with van der Waals surface area (Å²) >= 11 is 1.84. The van der Waals surface area contributed by atoms with Crippen LogP contribution in [0.15, 0.2) is 30.3 Å². The average Bonchev–Trinajstić information content (AvgIpc) is 2.75. The van der Waals surface area contributed by atoms with Crippen LogP contribution >= 0.6 is 11.8 Å². The van der Waals surface area contributed by atoms with Crippen molar-refractivity contribution in [3.8, 4) is 0 Å². The molecule has 0 radical (unpaired) electrons. The second kappa shape index (κ2) is 4.40. The van der Waals surface area contributed by atoms with Gasteiger partial charge in [-0.15, -0.1) is 0 Å². The molecule has 1 spiro atoms. The molecule has 0 aromatic heterocycles. The van der Waals surface area contributed by atoms with Crippen LogP contribution in [0.2, 0.25) is 0 Å². The van der Waals surface area contributed by atoms with Gasteiger partial charge < -0.3 is 9.47 Å². The van der Waals surface area contributed by atoms with Gasteiger partial charge in [0, 0.05) is 6.42 Å². The Hall–Kier alpha value is -0.510. The van der Waals surface area contributed by atoms with Gasteiger partial charge in [0.2, 0.25) is 5.12 Å². The van der Waals surface area contributed by atoms with Gasteiger partial charge in [0.05, 0.1) is 18.5 Å². The summed E-state index contributed by atoms with van der Waals surface area (Å²) in [5.41, 5.74) is 1.35. The minimum absolute atomic E-state index is 0.335. The zero-order valence-corrected chi connectivity index (χ0v) is 10.0. The smallest absolute Gasteiger partial charge is 0.218 e. The quantitative estimate of drug-likeness (QED) is 0.745. The Balaban J connectivity index is 1.73. The lowest BCUT2D eigenvalue weighted by Crippen LogP contribution is -2.32. The lowest BCUT2D eigenvalue weighted by molar-refractivity contribution is -0.180. The summed E-state index contributed by atoms with van der Waals surface area (Å²) in [7, 11) is 0. The predicted molar refractivity (Wildman–Crippen MR) is 65.3 cm³/mol. The Bertz CT molecular complexity index is 346. The lowest BCUT2D eigenvalue weighted by Gasteiger charge is -2.31. The summed E-state index contributed by atoms with van der Waals surface area (Å²) in [5.74, 6) is 0. The molecule has 2 heterocycles. The van der Waals surface area contributed by atoms with E-state index in [2.05, 4.69) is 30.3 Å². The average molecular weight is 236 g/mol. The van der Waals surface area contributed by atoms with E-state index in [1.165, 1.54) is 18.4 Å². The predicted octanol–water partition coefficient (Wildman–Crippen LogP) is 3.35. The third-order valence-corrected chi connectivity index (χ3v) is 4.64. The highest BCUT2D eigenvalue weighted by Crippen LogP contribution is 2.50. The fraction of sp³-hybridized carbons (Fsp3) is 0.538. The van der Waals surface area contributed by atoms with E-state index in [-0.39, 0.29) is 5.12 Å². The third kappa shape index (κ3) is 1.99. The number of rotatable bonds is 1. The molecular weight excluding hydrogens is 220 g/mol. The lowest BCUT2D eigenvalue weighted by atomic mass is 10.1. The van der Waals surface area contributed by atoms with Crippen LogP contribution in [-0.2, 0) is 9.47 Å². The monoisotopic (exact) mass is 236 g/mol. The highest BCUT2D eigenvalue weighted by atomic mass is 32.2. The Morgan fingerprint density at radius 3 is 2.75 bits per heavy atom. The minimum atomic E-state index is -0.335. The van der Waals surface area contributed by atoms with Gasteiger partial charge in [0.25, 0.3) is 0 Å². The number of hydrogen-bond donors (Lipinski definition) is 0. The van der Waals surface area contributed by atoms with Crippen molar-refractivity contribution >= 4 is 11.8 Å². The molecule has 2 aliphatic heterocycles. The molecule has 16 heavy (non-hydrogen) atoms. The van der Waals surface area contributed by atoms with Crippen molar-refractivity contribution in [2.45, 2.75) is 29.6 Å². The maximum Gasteiger partial charge on any atom is 0.218 e. The zero-order valence-electron chi connectivity index (χ0n) is 9.22. The molecule has 0 N–H and O–H groups in total. The first kappa shape index (κ1) is 10.6. The van der Waals surface area contributed by atoms with Gasteiger partial charge in [0.15, 0.2) is 0 Å². The van der Waals surface area contributed by atoms with Crippen molar-refractivity contribution in [1.29, 1.82) is 0 Å². The fourth-order valence-corrected chi connectivity index (χ4v) is 3.68. The first-order valence-corrected chi connectivity index (χ1v) is 6.77. The van der Waals surface area contributed by atoms with Gasteiger partial charge >= 0.3 is 0 Å². The van der Waals surface area contributed by atoms with Crippen LogP contribution in [0.1, 0.15) is 30.1 Å². The third-order valence-electron chi connectivity index (χ3n) is 3.15. The van der Waals surface area contributed by atoms with E-state index in [0.717, 1.165) is 19.6 Å². The van der Waals surface area contributed by atoms with Crippen molar-refractivity contribution in [3.63, 3.8) is 0 Å². The SMILES string of the molecule is c1ccc([C@@H]2CO[C@]3(CCCCO3)S2)cc1. The van der Waals surface area contributed by atoms with Gasteiger partial charge in [-0.3, -0.25) is 0 Å². The molecule has 2 fully saturated rings. The Kier molecular flexibility index (Phi) is 2.92. The molecular formula is C13H16O2S. The van der Waals surface area contributed by atoms with Crippen molar-refractivity contribution in [2.75, 3.05) is 13.2 Å². The van der Waals surface area contributed by atoms with E-state index in [1.54, 1.807) is 0 Å². The van der Waals surface area contributed by atoms with Crippen LogP contribution in [0.5, 0.6) is 0 Å². The molecule has 2 aliphatic rings. The van der Waals surface area contributed by atoms with Gasteiger partial charge in [0.1, 0.15) is 0 Å². The van der Waals surface area contributed by atoms with E-state index >= 15 is 0 Å². The Morgan fingerprint density at radius 2 is 2.00 bits per heavy atom. The molecule has 0 aliphatic carbocycles. The van der Waals surface area contributed by atoms with E-state index < -0.39 is 0 Å². The molecule has 0 bridgehead atoms. The molecule has 2 saturated heterocycles. The Morgan fingerprint density at radius 1 is 1.12 bits per heavy atom. The van der Waals surface area contributed by atoms with Crippen molar-refractivity contribution < 1.29 is 9.47 Å². The fourth-order valence-electron chi connectivity index (χ4n) is 2.27. The first-order chi connectivity index (χ1) is 7.88. The molecule has 0 saturated carbocycles. The minimum Gasteiger partial charge on any atom is -0.341 e. The van der Waals surface area contributed by atoms with E-state index in [9.17, 15) is 0 Å². The highest BCUT2D eigenvalue weighted by Gasteiger charge is 2.43. The topological polar surface area (TPSA) is 18.5 Å². The second-order valence-corrected chi connectivity index (χ2v) is 5.74. The first-order valence-electron chi connectivity index (χ1n) is 5.89. The standard InChI is InChI=1S/C13H16O2S/c1-2-6-11(7-3-1)12-10-15-13(16-12)8-4-5-9-14-13/h1-3,6-7,12H,4-5,8-10H2/t12-,13+/m0/s1. The number of ether oxygens (including phenoxy) is 2. The summed E-state index contributed by atoms with van der Waals surface area (Å²) in [4.78, 5) is 0. The van der Waals surface area contributed by atoms with E-state index in [0.29, 0.717) is 5.25 Å². The molecule has 3 heteroatoms. The van der Waals surface area contributed by atoms with Crippen LogP contribution in [0.25, 0.3) is 0 Å². The van der Waals surface area contributed by atoms with Crippen molar-refractivity contribution in [3.05, 3.63) is 35.9 Å². The van der Waals surface area contributed by atoms with Gasteiger partial charge in [-0.2, -0.15) is 0 Å². The molecule has 0 amide bonds. The maximum atomic E-state index is 5.89. The summed E-state index contributed by atoms with van der Waals surface area (Å²) in [6.45, 7) is 1.61. The van der Waals surface area contributed by atoms with Crippen LogP contribution in [0.3, 0.4) is 0 Å². The second-order valence-electron chi connectivity index (χ2n) is 4.32. The van der Waals surface area contributed by atoms with E-state index in [4.69, 9.17) is 9.47 Å². The summed E-state index contributed by atoms with van der Waals surface area (Å²) in [6, 6.07) is 10.6. The number of thioether (sulfide) groups is 1. The largest absolute Gasteiger partial charge is 0.341 e. The van der Waals surface area contributed by atoms with Crippen LogP contribution in [-0.4, -0.2) is 18.3 Å². The molecule has 2 atom stereocenters. The molecule has 1 aromatic carbocycles. The Labute approximate surface area is 100 Å². The molecule has 3 rings (SSSR count). The summed E-state index contributed by atoms with van der Waals surface area (Å²) in [5, 5.41) is 0.0953. The highest BCUT2D eigenvalue weighted by molar-refractivity contribution is 8.00. The van der Waals surface area contributed by atoms with Gasteiger partial charge in [-0.25, -0.2) is 0 Å². The normalized spacial score (nSPS) is 34.4. The van der Waals surface area contributed by atoms with Crippen LogP contribution in [0, 0.1) is 0 Å². The molecule has 0 unspecified atom stereocenters. The van der Waals surface area contributed by atoms with Crippen molar-refractivity contribution in [1.82, 2.24) is 0 Å². The molecule has 86 valence electrons. The number of benzene rings is 1. The van der Waals surface area contributed by atoms with Crippen molar-refractivity contribution in [2.24, 2.45) is 0 Å². The molecule has 1 aromatic rings. The summed E-state index contributed by atoms with van der Waals surface area (Å²) < 4.78 is 11.7.